The molecule has 0 aromatic carbocycles. The van der Waals surface area contributed by atoms with Crippen LogP contribution >= 0.6 is 0 Å². The van der Waals surface area contributed by atoms with Gasteiger partial charge in [0, 0.05) is 38.4 Å². The number of aromatic nitrogens is 2. The van der Waals surface area contributed by atoms with E-state index in [-0.39, 0.29) is 0 Å². The number of guanidine groups is 1. The van der Waals surface area contributed by atoms with E-state index in [1.165, 1.54) is 6.42 Å². The van der Waals surface area contributed by atoms with Gasteiger partial charge in [-0.05, 0) is 37.8 Å². The van der Waals surface area contributed by atoms with Gasteiger partial charge in [-0.2, -0.15) is 0 Å². The highest BCUT2D eigenvalue weighted by atomic mass is 15.2. The van der Waals surface area contributed by atoms with Gasteiger partial charge in [0.2, 0.25) is 0 Å². The summed E-state index contributed by atoms with van der Waals surface area (Å²) in [6.45, 7) is 7.54. The number of hydrogen-bond acceptors (Lipinski definition) is 2. The molecule has 1 atom stereocenters. The van der Waals surface area contributed by atoms with Crippen molar-refractivity contribution in [2.75, 3.05) is 13.6 Å². The van der Waals surface area contributed by atoms with Crippen molar-refractivity contribution >= 4 is 11.6 Å². The summed E-state index contributed by atoms with van der Waals surface area (Å²) >= 11 is 0. The highest BCUT2D eigenvalue weighted by Crippen LogP contribution is 2.06. The van der Waals surface area contributed by atoms with Gasteiger partial charge in [0.1, 0.15) is 5.65 Å². The molecule has 5 heteroatoms. The Kier molecular flexibility index (Phi) is 6.44. The predicted octanol–water partition coefficient (Wildman–Crippen LogP) is 2.87. The van der Waals surface area contributed by atoms with Gasteiger partial charge in [-0.15, -0.1) is 0 Å². The van der Waals surface area contributed by atoms with Gasteiger partial charge in [0.05, 0.1) is 5.69 Å². The molecule has 0 bridgehead atoms. The Balaban J connectivity index is 1.77. The summed E-state index contributed by atoms with van der Waals surface area (Å²) in [5.74, 6) is 1.61. The molecule has 2 rings (SSSR count). The van der Waals surface area contributed by atoms with Crippen LogP contribution in [0.1, 0.15) is 39.3 Å². The zero-order chi connectivity index (χ0) is 16.7. The average molecular weight is 315 g/mol. The van der Waals surface area contributed by atoms with Gasteiger partial charge in [-0.25, -0.2) is 4.98 Å². The maximum absolute atomic E-state index is 4.61. The number of imidazole rings is 1. The van der Waals surface area contributed by atoms with E-state index in [2.05, 4.69) is 52.0 Å². The first kappa shape index (κ1) is 17.3. The molecule has 0 aliphatic carbocycles. The Morgan fingerprint density at radius 2 is 2.09 bits per heavy atom. The van der Waals surface area contributed by atoms with Crippen LogP contribution in [0.15, 0.2) is 35.6 Å². The van der Waals surface area contributed by atoms with E-state index < -0.39 is 0 Å². The Labute approximate surface area is 139 Å². The van der Waals surface area contributed by atoms with Gasteiger partial charge in [0.15, 0.2) is 5.96 Å². The van der Waals surface area contributed by atoms with Crippen LogP contribution in [0.3, 0.4) is 0 Å². The number of fused-ring (bicyclic) bond motifs is 1. The van der Waals surface area contributed by atoms with E-state index in [9.17, 15) is 0 Å². The molecule has 0 aliphatic rings. The molecular weight excluding hydrogens is 286 g/mol. The van der Waals surface area contributed by atoms with Crippen LogP contribution in [0, 0.1) is 5.92 Å². The van der Waals surface area contributed by atoms with E-state index in [1.807, 2.05) is 31.4 Å². The van der Waals surface area contributed by atoms with Crippen molar-refractivity contribution in [1.82, 2.24) is 20.0 Å². The third-order valence-electron chi connectivity index (χ3n) is 3.87. The Hall–Kier alpha value is -2.04. The third kappa shape index (κ3) is 5.58. The van der Waals surface area contributed by atoms with Gasteiger partial charge >= 0.3 is 0 Å². The second kappa shape index (κ2) is 8.56. The molecular formula is C18H29N5. The van der Waals surface area contributed by atoms with E-state index in [4.69, 9.17) is 0 Å². The number of aliphatic imine (C=N–C) groups is 1. The van der Waals surface area contributed by atoms with Crippen LogP contribution in [0.2, 0.25) is 0 Å². The minimum atomic E-state index is 0.429. The third-order valence-corrected chi connectivity index (χ3v) is 3.87. The summed E-state index contributed by atoms with van der Waals surface area (Å²) in [6, 6.07) is 6.47. The van der Waals surface area contributed by atoms with Crippen molar-refractivity contribution in [2.45, 2.75) is 46.1 Å². The maximum Gasteiger partial charge on any atom is 0.191 e. The van der Waals surface area contributed by atoms with Gasteiger partial charge < -0.3 is 15.0 Å². The van der Waals surface area contributed by atoms with Crippen molar-refractivity contribution in [3.63, 3.8) is 0 Å². The van der Waals surface area contributed by atoms with E-state index in [1.54, 1.807) is 0 Å². The summed E-state index contributed by atoms with van der Waals surface area (Å²) in [4.78, 5) is 8.91. The van der Waals surface area contributed by atoms with Crippen LogP contribution in [0.5, 0.6) is 0 Å². The summed E-state index contributed by atoms with van der Waals surface area (Å²) in [6.07, 6.45) is 7.37. The molecule has 2 aromatic rings. The first-order chi connectivity index (χ1) is 11.1. The Morgan fingerprint density at radius 1 is 1.26 bits per heavy atom. The standard InChI is InChI=1S/C18H29N5/c1-14(2)8-9-15(3)21-18(19-4)20-11-10-16-13-23-12-6-5-7-17(23)22-16/h5-7,12-15H,8-11H2,1-4H3,(H2,19,20,21). The van der Waals surface area contributed by atoms with Gasteiger partial charge in [0.25, 0.3) is 0 Å². The molecule has 23 heavy (non-hydrogen) atoms. The molecule has 0 aliphatic heterocycles. The first-order valence-corrected chi connectivity index (χ1v) is 8.48. The lowest BCUT2D eigenvalue weighted by atomic mass is 10.0. The smallest absolute Gasteiger partial charge is 0.191 e. The molecule has 0 radical (unpaired) electrons. The van der Waals surface area contributed by atoms with Crippen LogP contribution in [0.25, 0.3) is 5.65 Å². The summed E-state index contributed by atoms with van der Waals surface area (Å²) < 4.78 is 2.05. The van der Waals surface area contributed by atoms with Crippen molar-refractivity contribution in [3.8, 4) is 0 Å². The lowest BCUT2D eigenvalue weighted by Crippen LogP contribution is -2.43. The van der Waals surface area contributed by atoms with E-state index in [0.29, 0.717) is 6.04 Å². The molecule has 5 nitrogen and oxygen atoms in total. The predicted molar refractivity (Wildman–Crippen MR) is 96.9 cm³/mol. The minimum absolute atomic E-state index is 0.429. The SMILES string of the molecule is CN=C(NCCc1cn2ccccc2n1)NC(C)CCC(C)C. The molecule has 2 N–H and O–H groups in total. The lowest BCUT2D eigenvalue weighted by molar-refractivity contribution is 0.489. The fraction of sp³-hybridized carbons (Fsp3) is 0.556. The molecule has 126 valence electrons. The fourth-order valence-electron chi connectivity index (χ4n) is 2.50. The number of nitrogens with zero attached hydrogens (tertiary/aromatic N) is 3. The highest BCUT2D eigenvalue weighted by Gasteiger charge is 2.07. The van der Waals surface area contributed by atoms with Crippen LogP contribution in [0.4, 0.5) is 0 Å². The molecule has 0 saturated carbocycles. The molecule has 2 heterocycles. The lowest BCUT2D eigenvalue weighted by Gasteiger charge is -2.18. The molecule has 1 unspecified atom stereocenters. The second-order valence-corrected chi connectivity index (χ2v) is 6.46. The Morgan fingerprint density at radius 3 is 2.78 bits per heavy atom. The quantitative estimate of drug-likeness (QED) is 0.610. The highest BCUT2D eigenvalue weighted by molar-refractivity contribution is 5.79. The maximum atomic E-state index is 4.61. The monoisotopic (exact) mass is 315 g/mol. The molecule has 0 fully saturated rings. The first-order valence-electron chi connectivity index (χ1n) is 8.48. The average Bonchev–Trinajstić information content (AvgIpc) is 2.94. The van der Waals surface area contributed by atoms with Crippen molar-refractivity contribution < 1.29 is 0 Å². The minimum Gasteiger partial charge on any atom is -0.356 e. The molecule has 0 spiro atoms. The summed E-state index contributed by atoms with van der Waals surface area (Å²) in [5, 5.41) is 6.82. The van der Waals surface area contributed by atoms with Crippen LogP contribution in [-0.2, 0) is 6.42 Å². The van der Waals surface area contributed by atoms with E-state index >= 15 is 0 Å². The van der Waals surface area contributed by atoms with Gasteiger partial charge in [-0.3, -0.25) is 4.99 Å². The zero-order valence-electron chi connectivity index (χ0n) is 14.7. The van der Waals surface area contributed by atoms with Crippen molar-refractivity contribution in [2.24, 2.45) is 10.9 Å². The number of pyridine rings is 1. The topological polar surface area (TPSA) is 53.7 Å². The zero-order valence-corrected chi connectivity index (χ0v) is 14.7. The summed E-state index contributed by atoms with van der Waals surface area (Å²) in [7, 11) is 1.81. The number of nitrogens with one attached hydrogen (secondary N) is 2. The Bertz CT molecular complexity index is 596. The second-order valence-electron chi connectivity index (χ2n) is 6.46. The molecule has 0 amide bonds. The number of rotatable bonds is 7. The van der Waals surface area contributed by atoms with E-state index in [0.717, 1.165) is 42.6 Å². The molecule has 2 aromatic heterocycles. The molecule has 0 saturated heterocycles. The van der Waals surface area contributed by atoms with Crippen LogP contribution < -0.4 is 10.6 Å². The fourth-order valence-corrected chi connectivity index (χ4v) is 2.50. The number of hydrogen-bond donors (Lipinski definition) is 2. The van der Waals surface area contributed by atoms with Crippen molar-refractivity contribution in [1.29, 1.82) is 0 Å². The van der Waals surface area contributed by atoms with Crippen molar-refractivity contribution in [3.05, 3.63) is 36.3 Å². The van der Waals surface area contributed by atoms with Crippen LogP contribution in [-0.4, -0.2) is 35.0 Å². The summed E-state index contributed by atoms with van der Waals surface area (Å²) in [5.41, 5.74) is 2.08. The largest absolute Gasteiger partial charge is 0.356 e. The normalized spacial score (nSPS) is 13.5. The van der Waals surface area contributed by atoms with Gasteiger partial charge in [-0.1, -0.05) is 19.9 Å².